The highest BCUT2D eigenvalue weighted by molar-refractivity contribution is 7.89. The van der Waals surface area contributed by atoms with E-state index in [-0.39, 0.29) is 4.90 Å². The largest absolute Gasteiger partial charge is 0.242 e. The molecule has 0 heterocycles. The van der Waals surface area contributed by atoms with Gasteiger partial charge in [-0.3, -0.25) is 0 Å². The van der Waals surface area contributed by atoms with E-state index in [9.17, 15) is 8.42 Å². The lowest BCUT2D eigenvalue weighted by molar-refractivity contribution is 0.520. The van der Waals surface area contributed by atoms with Gasteiger partial charge in [-0.1, -0.05) is 12.0 Å². The van der Waals surface area contributed by atoms with E-state index in [4.69, 9.17) is 6.42 Å². The van der Waals surface area contributed by atoms with Crippen molar-refractivity contribution in [2.24, 2.45) is 0 Å². The molecule has 74 valence electrons. The molecule has 0 unspecified atom stereocenters. The average Bonchev–Trinajstić information content (AvgIpc) is 2.17. The van der Waals surface area contributed by atoms with Crippen LogP contribution in [0.2, 0.25) is 0 Å². The van der Waals surface area contributed by atoms with E-state index in [1.165, 1.54) is 26.2 Å². The number of nitrogens with zero attached hydrogens (tertiary/aromatic N) is 1. The molecule has 0 aromatic heterocycles. The fourth-order valence-corrected chi connectivity index (χ4v) is 1.91. The molecule has 0 bridgehead atoms. The van der Waals surface area contributed by atoms with Crippen molar-refractivity contribution in [3.05, 3.63) is 29.8 Å². The Morgan fingerprint density at radius 2 is 2.00 bits per heavy atom. The zero-order valence-electron chi connectivity index (χ0n) is 8.06. The Morgan fingerprint density at radius 3 is 2.50 bits per heavy atom. The second kappa shape index (κ2) is 3.82. The molecule has 0 fully saturated rings. The first-order valence-corrected chi connectivity index (χ1v) is 5.41. The lowest BCUT2D eigenvalue weighted by atomic mass is 10.2. The summed E-state index contributed by atoms with van der Waals surface area (Å²) in [6.45, 7) is 0. The number of hydrogen-bond donors (Lipinski definition) is 0. The minimum atomic E-state index is -3.37. The van der Waals surface area contributed by atoms with Crippen LogP contribution in [0.5, 0.6) is 0 Å². The van der Waals surface area contributed by atoms with Crippen LogP contribution >= 0.6 is 0 Å². The smallest absolute Gasteiger partial charge is 0.207 e. The minimum Gasteiger partial charge on any atom is -0.207 e. The maximum atomic E-state index is 11.7. The topological polar surface area (TPSA) is 37.4 Å². The lowest BCUT2D eigenvalue weighted by Gasteiger charge is -2.10. The predicted molar refractivity (Wildman–Crippen MR) is 55.2 cm³/mol. The molecule has 1 aromatic carbocycles. The van der Waals surface area contributed by atoms with Gasteiger partial charge in [-0.15, -0.1) is 6.42 Å². The third-order valence-corrected chi connectivity index (χ3v) is 3.59. The van der Waals surface area contributed by atoms with Gasteiger partial charge in [-0.2, -0.15) is 0 Å². The number of sulfonamides is 1. The van der Waals surface area contributed by atoms with Crippen molar-refractivity contribution in [1.29, 1.82) is 0 Å². The Bertz CT molecular complexity index is 469. The van der Waals surface area contributed by atoms with Gasteiger partial charge in [0.2, 0.25) is 10.0 Å². The number of benzene rings is 1. The fourth-order valence-electron chi connectivity index (χ4n) is 0.957. The molecule has 4 heteroatoms. The van der Waals surface area contributed by atoms with Crippen molar-refractivity contribution in [3.8, 4) is 12.3 Å². The SMILES string of the molecule is C#Cc1cccc(S(=O)(=O)N(C)C)c1. The van der Waals surface area contributed by atoms with E-state index in [0.717, 1.165) is 4.31 Å². The molecule has 0 amide bonds. The van der Waals surface area contributed by atoms with Crippen LogP contribution in [0.25, 0.3) is 0 Å². The van der Waals surface area contributed by atoms with Gasteiger partial charge in [0.25, 0.3) is 0 Å². The number of hydrogen-bond acceptors (Lipinski definition) is 2. The lowest BCUT2D eigenvalue weighted by Crippen LogP contribution is -2.22. The highest BCUT2D eigenvalue weighted by Crippen LogP contribution is 2.13. The van der Waals surface area contributed by atoms with Gasteiger partial charge in [0.15, 0.2) is 0 Å². The molecule has 0 aliphatic rings. The molecule has 1 rings (SSSR count). The number of rotatable bonds is 2. The zero-order valence-corrected chi connectivity index (χ0v) is 8.88. The van der Waals surface area contributed by atoms with Crippen molar-refractivity contribution in [2.45, 2.75) is 4.90 Å². The van der Waals surface area contributed by atoms with Crippen LogP contribution in [0.4, 0.5) is 0 Å². The Hall–Kier alpha value is -1.31. The summed E-state index contributed by atoms with van der Waals surface area (Å²) in [6.07, 6.45) is 5.18. The normalized spacial score (nSPS) is 11.3. The third kappa shape index (κ3) is 1.95. The van der Waals surface area contributed by atoms with Crippen LogP contribution in [0.3, 0.4) is 0 Å². The molecule has 0 atom stereocenters. The van der Waals surface area contributed by atoms with Crippen LogP contribution in [0.1, 0.15) is 5.56 Å². The predicted octanol–water partition coefficient (Wildman–Crippen LogP) is 0.918. The Labute approximate surface area is 84.4 Å². The molecule has 0 aliphatic heterocycles. The van der Waals surface area contributed by atoms with E-state index >= 15 is 0 Å². The molecule has 0 saturated carbocycles. The summed E-state index contributed by atoms with van der Waals surface area (Å²) in [5.74, 6) is 2.40. The number of terminal acetylenes is 1. The standard InChI is InChI=1S/C10H11NO2S/c1-4-9-6-5-7-10(8-9)14(12,13)11(2)3/h1,5-8H,2-3H3. The maximum absolute atomic E-state index is 11.7. The second-order valence-corrected chi connectivity index (χ2v) is 5.11. The first-order chi connectivity index (χ1) is 6.48. The maximum Gasteiger partial charge on any atom is 0.242 e. The summed E-state index contributed by atoms with van der Waals surface area (Å²) in [4.78, 5) is 0.220. The highest BCUT2D eigenvalue weighted by Gasteiger charge is 2.16. The quantitative estimate of drug-likeness (QED) is 0.679. The molecular formula is C10H11NO2S. The molecule has 0 saturated heterocycles. The van der Waals surface area contributed by atoms with Crippen molar-refractivity contribution >= 4 is 10.0 Å². The van der Waals surface area contributed by atoms with E-state index in [0.29, 0.717) is 5.56 Å². The molecule has 1 aromatic rings. The van der Waals surface area contributed by atoms with Gasteiger partial charge >= 0.3 is 0 Å². The van der Waals surface area contributed by atoms with Crippen LogP contribution in [-0.4, -0.2) is 26.8 Å². The minimum absolute atomic E-state index is 0.220. The van der Waals surface area contributed by atoms with Crippen molar-refractivity contribution < 1.29 is 8.42 Å². The van der Waals surface area contributed by atoms with Crippen LogP contribution in [0.15, 0.2) is 29.2 Å². The first kappa shape index (κ1) is 10.8. The fraction of sp³-hybridized carbons (Fsp3) is 0.200. The van der Waals surface area contributed by atoms with Crippen LogP contribution in [-0.2, 0) is 10.0 Å². The summed E-state index contributed by atoms with van der Waals surface area (Å²) in [7, 11) is -0.404. The van der Waals surface area contributed by atoms with Crippen LogP contribution in [0, 0.1) is 12.3 Å². The molecule has 3 nitrogen and oxygen atoms in total. The summed E-state index contributed by atoms with van der Waals surface area (Å²) < 4.78 is 24.5. The molecule has 0 aliphatic carbocycles. The summed E-state index contributed by atoms with van der Waals surface area (Å²) in [5.41, 5.74) is 0.563. The summed E-state index contributed by atoms with van der Waals surface area (Å²) in [6, 6.07) is 6.33. The van der Waals surface area contributed by atoms with Crippen molar-refractivity contribution in [2.75, 3.05) is 14.1 Å². The van der Waals surface area contributed by atoms with Gasteiger partial charge in [0, 0.05) is 19.7 Å². The van der Waals surface area contributed by atoms with Crippen molar-refractivity contribution in [1.82, 2.24) is 4.31 Å². The highest BCUT2D eigenvalue weighted by atomic mass is 32.2. The second-order valence-electron chi connectivity index (χ2n) is 2.96. The Morgan fingerprint density at radius 1 is 1.36 bits per heavy atom. The third-order valence-electron chi connectivity index (χ3n) is 1.78. The van der Waals surface area contributed by atoms with Gasteiger partial charge in [0.05, 0.1) is 4.90 Å². The Kier molecular flexibility index (Phi) is 2.94. The zero-order chi connectivity index (χ0) is 10.8. The summed E-state index contributed by atoms with van der Waals surface area (Å²) >= 11 is 0. The Balaban J connectivity index is 3.29. The van der Waals surface area contributed by atoms with E-state index in [1.54, 1.807) is 12.1 Å². The molecule has 14 heavy (non-hydrogen) atoms. The van der Waals surface area contributed by atoms with E-state index in [2.05, 4.69) is 5.92 Å². The molecule has 0 radical (unpaired) electrons. The van der Waals surface area contributed by atoms with Gasteiger partial charge in [0.1, 0.15) is 0 Å². The van der Waals surface area contributed by atoms with Gasteiger partial charge < -0.3 is 0 Å². The average molecular weight is 209 g/mol. The van der Waals surface area contributed by atoms with Crippen molar-refractivity contribution in [3.63, 3.8) is 0 Å². The molecular weight excluding hydrogens is 198 g/mol. The first-order valence-electron chi connectivity index (χ1n) is 3.97. The van der Waals surface area contributed by atoms with E-state index < -0.39 is 10.0 Å². The van der Waals surface area contributed by atoms with Crippen LogP contribution < -0.4 is 0 Å². The molecule has 0 N–H and O–H groups in total. The monoisotopic (exact) mass is 209 g/mol. The summed E-state index contributed by atoms with van der Waals surface area (Å²) in [5, 5.41) is 0. The van der Waals surface area contributed by atoms with Gasteiger partial charge in [-0.05, 0) is 18.2 Å². The van der Waals surface area contributed by atoms with Gasteiger partial charge in [-0.25, -0.2) is 12.7 Å². The van der Waals surface area contributed by atoms with E-state index in [1.807, 2.05) is 0 Å². The molecule has 0 spiro atoms.